The number of carbonyl (C=O) groups excluding carboxylic acids is 1. The number of fused-ring (bicyclic) bond motifs is 1. The molecule has 2 aromatic carbocycles. The summed E-state index contributed by atoms with van der Waals surface area (Å²) >= 11 is 1.69. The first-order valence-corrected chi connectivity index (χ1v) is 12.6. The Morgan fingerprint density at radius 2 is 1.80 bits per heavy atom. The van der Waals surface area contributed by atoms with E-state index < -0.39 is 9.84 Å². The highest BCUT2D eigenvalue weighted by Gasteiger charge is 2.25. The number of rotatable bonds is 5. The van der Waals surface area contributed by atoms with Gasteiger partial charge in [-0.15, -0.1) is 0 Å². The fourth-order valence-corrected chi connectivity index (χ4v) is 5.68. The second-order valence-electron chi connectivity index (χ2n) is 7.32. The van der Waals surface area contributed by atoms with E-state index >= 15 is 0 Å². The van der Waals surface area contributed by atoms with Crippen LogP contribution in [0.4, 0.5) is 5.13 Å². The predicted octanol–water partition coefficient (Wildman–Crippen LogP) is 3.61. The molecule has 0 atom stereocenters. The van der Waals surface area contributed by atoms with Crippen molar-refractivity contribution in [1.82, 2.24) is 9.88 Å². The van der Waals surface area contributed by atoms with Gasteiger partial charge in [0.05, 0.1) is 20.9 Å². The van der Waals surface area contributed by atoms with Crippen LogP contribution in [0, 0.1) is 0 Å². The Kier molecular flexibility index (Phi) is 5.79. The van der Waals surface area contributed by atoms with E-state index in [0.717, 1.165) is 17.1 Å². The summed E-state index contributed by atoms with van der Waals surface area (Å²) in [6.07, 6.45) is 0.954. The third-order valence-corrected chi connectivity index (χ3v) is 8.34. The highest BCUT2D eigenvalue weighted by atomic mass is 32.2. The topological polar surface area (TPSA) is 70.6 Å². The minimum absolute atomic E-state index is 0.0191. The van der Waals surface area contributed by atoms with Crippen LogP contribution in [-0.4, -0.2) is 56.1 Å². The van der Waals surface area contributed by atoms with Crippen molar-refractivity contribution in [3.05, 3.63) is 53.6 Å². The second kappa shape index (κ2) is 8.35. The summed E-state index contributed by atoms with van der Waals surface area (Å²) in [5.74, 6) is -0.106. The SMILES string of the molecule is CCc1cccc2sc(N3CCN(C(=O)c4cccc(S(=O)(=O)CC)c4)CC3)nc12. The number of benzene rings is 2. The Hall–Kier alpha value is -2.45. The Morgan fingerprint density at radius 3 is 2.50 bits per heavy atom. The molecule has 8 heteroatoms. The van der Waals surface area contributed by atoms with Crippen LogP contribution in [-0.2, 0) is 16.3 Å². The average Bonchev–Trinajstić information content (AvgIpc) is 3.23. The van der Waals surface area contributed by atoms with Crippen LogP contribution in [0.5, 0.6) is 0 Å². The van der Waals surface area contributed by atoms with Gasteiger partial charge in [0.15, 0.2) is 15.0 Å². The zero-order chi connectivity index (χ0) is 21.3. The number of carbonyl (C=O) groups is 1. The van der Waals surface area contributed by atoms with Gasteiger partial charge in [-0.2, -0.15) is 0 Å². The minimum atomic E-state index is -3.33. The number of aryl methyl sites for hydroxylation is 1. The Balaban J connectivity index is 1.47. The van der Waals surface area contributed by atoms with Crippen LogP contribution in [0.3, 0.4) is 0 Å². The number of aromatic nitrogens is 1. The summed E-state index contributed by atoms with van der Waals surface area (Å²) in [5, 5.41) is 0.994. The zero-order valence-electron chi connectivity index (χ0n) is 17.2. The number of anilines is 1. The van der Waals surface area contributed by atoms with Gasteiger partial charge in [-0.1, -0.05) is 43.4 Å². The predicted molar refractivity (Wildman–Crippen MR) is 121 cm³/mol. The number of para-hydroxylation sites is 1. The lowest BCUT2D eigenvalue weighted by atomic mass is 10.1. The third kappa shape index (κ3) is 3.94. The number of piperazine rings is 1. The van der Waals surface area contributed by atoms with Gasteiger partial charge in [0, 0.05) is 31.7 Å². The van der Waals surface area contributed by atoms with Crippen molar-refractivity contribution >= 4 is 42.4 Å². The summed E-state index contributed by atoms with van der Waals surface area (Å²) in [6.45, 7) is 6.33. The molecule has 4 rings (SSSR count). The first-order valence-electron chi connectivity index (χ1n) is 10.2. The maximum absolute atomic E-state index is 12.9. The van der Waals surface area contributed by atoms with E-state index in [1.165, 1.54) is 16.3 Å². The number of hydrogen-bond acceptors (Lipinski definition) is 6. The van der Waals surface area contributed by atoms with Gasteiger partial charge in [0.25, 0.3) is 5.91 Å². The van der Waals surface area contributed by atoms with E-state index in [9.17, 15) is 13.2 Å². The number of thiazole rings is 1. The lowest BCUT2D eigenvalue weighted by Gasteiger charge is -2.34. The molecular weight excluding hydrogens is 418 g/mol. The van der Waals surface area contributed by atoms with Crippen molar-refractivity contribution in [2.75, 3.05) is 36.8 Å². The smallest absolute Gasteiger partial charge is 0.254 e. The van der Waals surface area contributed by atoms with Crippen molar-refractivity contribution in [3.8, 4) is 0 Å². The molecule has 30 heavy (non-hydrogen) atoms. The summed E-state index contributed by atoms with van der Waals surface area (Å²) in [4.78, 5) is 22.0. The van der Waals surface area contributed by atoms with Crippen LogP contribution in [0.2, 0.25) is 0 Å². The molecule has 1 aliphatic heterocycles. The molecule has 1 aromatic heterocycles. The molecule has 6 nitrogen and oxygen atoms in total. The van der Waals surface area contributed by atoms with E-state index in [1.807, 2.05) is 0 Å². The summed E-state index contributed by atoms with van der Waals surface area (Å²) < 4.78 is 25.5. The van der Waals surface area contributed by atoms with Crippen LogP contribution in [0.1, 0.15) is 29.8 Å². The van der Waals surface area contributed by atoms with Crippen LogP contribution >= 0.6 is 11.3 Å². The van der Waals surface area contributed by atoms with Gasteiger partial charge in [-0.3, -0.25) is 4.79 Å². The van der Waals surface area contributed by atoms with Gasteiger partial charge in [0.2, 0.25) is 0 Å². The molecule has 1 saturated heterocycles. The van der Waals surface area contributed by atoms with E-state index in [-0.39, 0.29) is 16.6 Å². The molecule has 0 radical (unpaired) electrons. The Labute approximate surface area is 181 Å². The summed E-state index contributed by atoms with van der Waals surface area (Å²) in [7, 11) is -3.33. The molecule has 158 valence electrons. The average molecular weight is 444 g/mol. The van der Waals surface area contributed by atoms with Gasteiger partial charge in [0.1, 0.15) is 0 Å². The number of sulfone groups is 1. The highest BCUT2D eigenvalue weighted by Crippen LogP contribution is 2.31. The summed E-state index contributed by atoms with van der Waals surface area (Å²) in [5.41, 5.74) is 2.75. The number of amides is 1. The van der Waals surface area contributed by atoms with Crippen molar-refractivity contribution in [1.29, 1.82) is 0 Å². The number of nitrogens with zero attached hydrogens (tertiary/aromatic N) is 3. The van der Waals surface area contributed by atoms with Gasteiger partial charge in [-0.05, 0) is 36.2 Å². The quantitative estimate of drug-likeness (QED) is 0.602. The molecule has 0 aliphatic carbocycles. The van der Waals surface area contributed by atoms with Gasteiger partial charge >= 0.3 is 0 Å². The standard InChI is InChI=1S/C22H25N3O3S2/c1-3-16-7-6-10-19-20(16)23-22(29-19)25-13-11-24(12-14-25)21(26)17-8-5-9-18(15-17)30(27,28)4-2/h5-10,15H,3-4,11-14H2,1-2H3. The van der Waals surface area contributed by atoms with Crippen molar-refractivity contribution in [3.63, 3.8) is 0 Å². The van der Waals surface area contributed by atoms with Gasteiger partial charge < -0.3 is 9.80 Å². The van der Waals surface area contributed by atoms with E-state index in [1.54, 1.807) is 41.4 Å². The van der Waals surface area contributed by atoms with Gasteiger partial charge in [-0.25, -0.2) is 13.4 Å². The zero-order valence-corrected chi connectivity index (χ0v) is 18.8. The van der Waals surface area contributed by atoms with Crippen molar-refractivity contribution in [2.24, 2.45) is 0 Å². The van der Waals surface area contributed by atoms with E-state index in [0.29, 0.717) is 31.7 Å². The lowest BCUT2D eigenvalue weighted by molar-refractivity contribution is 0.0746. The van der Waals surface area contributed by atoms with E-state index in [4.69, 9.17) is 4.98 Å². The monoisotopic (exact) mass is 443 g/mol. The summed E-state index contributed by atoms with van der Waals surface area (Å²) in [6, 6.07) is 12.7. The lowest BCUT2D eigenvalue weighted by Crippen LogP contribution is -2.48. The highest BCUT2D eigenvalue weighted by molar-refractivity contribution is 7.91. The third-order valence-electron chi connectivity index (χ3n) is 5.53. The molecule has 3 aromatic rings. The fraction of sp³-hybridized carbons (Fsp3) is 0.364. The maximum Gasteiger partial charge on any atom is 0.254 e. The van der Waals surface area contributed by atoms with Crippen LogP contribution in [0.15, 0.2) is 47.4 Å². The van der Waals surface area contributed by atoms with Crippen LogP contribution < -0.4 is 4.90 Å². The normalized spacial score (nSPS) is 15.0. The van der Waals surface area contributed by atoms with E-state index in [2.05, 4.69) is 30.0 Å². The molecule has 1 fully saturated rings. The molecular formula is C22H25N3O3S2. The Morgan fingerprint density at radius 1 is 1.07 bits per heavy atom. The number of hydrogen-bond donors (Lipinski definition) is 0. The maximum atomic E-state index is 12.9. The molecule has 1 aliphatic rings. The molecule has 0 N–H and O–H groups in total. The van der Waals surface area contributed by atoms with Crippen molar-refractivity contribution in [2.45, 2.75) is 25.2 Å². The van der Waals surface area contributed by atoms with Crippen molar-refractivity contribution < 1.29 is 13.2 Å². The first kappa shape index (κ1) is 20.8. The second-order valence-corrected chi connectivity index (χ2v) is 10.6. The van der Waals surface area contributed by atoms with Crippen LogP contribution in [0.25, 0.3) is 10.2 Å². The molecule has 0 unspecified atom stereocenters. The largest absolute Gasteiger partial charge is 0.345 e. The molecule has 1 amide bonds. The molecule has 0 bridgehead atoms. The minimum Gasteiger partial charge on any atom is -0.345 e. The first-order chi connectivity index (χ1) is 14.4. The molecule has 2 heterocycles. The fourth-order valence-electron chi connectivity index (χ4n) is 3.69. The molecule has 0 saturated carbocycles. The Bertz CT molecular complexity index is 1180. The molecule has 0 spiro atoms.